The molecule has 0 saturated heterocycles. The first-order valence-electron chi connectivity index (χ1n) is 6.77. The lowest BCUT2D eigenvalue weighted by molar-refractivity contribution is -0.117. The quantitative estimate of drug-likeness (QED) is 0.882. The smallest absolute Gasteiger partial charge is 0.228 e. The molecule has 2 unspecified atom stereocenters. The van der Waals surface area contributed by atoms with Crippen LogP contribution in [0.5, 0.6) is 0 Å². The van der Waals surface area contributed by atoms with Gasteiger partial charge in [0.15, 0.2) is 0 Å². The Bertz CT molecular complexity index is 639. The third-order valence-corrected chi connectivity index (χ3v) is 4.67. The first-order chi connectivity index (χ1) is 9.65. The van der Waals surface area contributed by atoms with Crippen LogP contribution in [0.15, 0.2) is 53.0 Å². The number of anilines is 1. The highest BCUT2D eigenvalue weighted by atomic mass is 79.9. The Morgan fingerprint density at radius 1 is 1.20 bits per heavy atom. The van der Waals surface area contributed by atoms with Crippen LogP contribution < -0.4 is 5.32 Å². The summed E-state index contributed by atoms with van der Waals surface area (Å²) in [6.07, 6.45) is 0.950. The van der Waals surface area contributed by atoms with E-state index in [1.54, 1.807) is 0 Å². The second-order valence-electron chi connectivity index (χ2n) is 5.31. The first kappa shape index (κ1) is 13.4. The van der Waals surface area contributed by atoms with E-state index in [0.717, 1.165) is 22.1 Å². The summed E-state index contributed by atoms with van der Waals surface area (Å²) in [5, 5.41) is 3.01. The molecule has 1 amide bonds. The van der Waals surface area contributed by atoms with Gasteiger partial charge in [-0.15, -0.1) is 0 Å². The van der Waals surface area contributed by atoms with E-state index in [0.29, 0.717) is 5.92 Å². The van der Waals surface area contributed by atoms with Gasteiger partial charge in [-0.25, -0.2) is 0 Å². The van der Waals surface area contributed by atoms with Gasteiger partial charge in [-0.2, -0.15) is 0 Å². The molecule has 2 nitrogen and oxygen atoms in total. The van der Waals surface area contributed by atoms with Gasteiger partial charge in [-0.1, -0.05) is 46.3 Å². The lowest BCUT2D eigenvalue weighted by atomic mass is 10.1. The zero-order valence-corrected chi connectivity index (χ0v) is 12.9. The number of nitrogens with one attached hydrogen (secondary N) is 1. The van der Waals surface area contributed by atoms with Crippen molar-refractivity contribution in [2.24, 2.45) is 5.92 Å². The molecule has 1 N–H and O–H groups in total. The van der Waals surface area contributed by atoms with Gasteiger partial charge in [-0.05, 0) is 48.6 Å². The third-order valence-electron chi connectivity index (χ3n) is 3.78. The fourth-order valence-corrected chi connectivity index (χ4v) is 2.76. The minimum Gasteiger partial charge on any atom is -0.326 e. The van der Waals surface area contributed by atoms with Crippen LogP contribution in [0.2, 0.25) is 0 Å². The van der Waals surface area contributed by atoms with Crippen LogP contribution in [0.25, 0.3) is 0 Å². The van der Waals surface area contributed by atoms with E-state index in [1.165, 1.54) is 5.56 Å². The zero-order valence-electron chi connectivity index (χ0n) is 11.3. The molecule has 3 rings (SSSR count). The molecule has 0 bridgehead atoms. The van der Waals surface area contributed by atoms with E-state index in [9.17, 15) is 4.79 Å². The normalized spacial score (nSPS) is 20.5. The number of halogens is 1. The lowest BCUT2D eigenvalue weighted by Gasteiger charge is -2.07. The Kier molecular flexibility index (Phi) is 3.62. The van der Waals surface area contributed by atoms with Crippen LogP contribution in [0.3, 0.4) is 0 Å². The van der Waals surface area contributed by atoms with Crippen molar-refractivity contribution in [2.75, 3.05) is 5.32 Å². The summed E-state index contributed by atoms with van der Waals surface area (Å²) in [5.41, 5.74) is 3.26. The molecule has 0 aromatic heterocycles. The monoisotopic (exact) mass is 329 g/mol. The minimum atomic E-state index is 0.112. The van der Waals surface area contributed by atoms with Crippen LogP contribution in [-0.2, 0) is 4.79 Å². The molecule has 2 aromatic rings. The predicted octanol–water partition coefficient (Wildman–Crippen LogP) is 4.50. The molecule has 1 saturated carbocycles. The summed E-state index contributed by atoms with van der Waals surface area (Å²) in [6, 6.07) is 16.1. The van der Waals surface area contributed by atoms with Crippen molar-refractivity contribution in [1.29, 1.82) is 0 Å². The number of rotatable bonds is 3. The molecule has 0 spiro atoms. The van der Waals surface area contributed by atoms with Crippen molar-refractivity contribution < 1.29 is 4.79 Å². The Hall–Kier alpha value is -1.61. The Balaban J connectivity index is 1.65. The second-order valence-corrected chi connectivity index (χ2v) is 6.17. The largest absolute Gasteiger partial charge is 0.326 e. The van der Waals surface area contributed by atoms with Gasteiger partial charge in [0, 0.05) is 16.1 Å². The minimum absolute atomic E-state index is 0.112. The molecule has 1 fully saturated rings. The summed E-state index contributed by atoms with van der Waals surface area (Å²) in [6.45, 7) is 2.02. The van der Waals surface area contributed by atoms with Crippen molar-refractivity contribution in [1.82, 2.24) is 0 Å². The summed E-state index contributed by atoms with van der Waals surface area (Å²) in [4.78, 5) is 12.2. The predicted molar refractivity (Wildman–Crippen MR) is 84.8 cm³/mol. The molecule has 1 aliphatic carbocycles. The van der Waals surface area contributed by atoms with Gasteiger partial charge in [-0.3, -0.25) is 4.79 Å². The van der Waals surface area contributed by atoms with Gasteiger partial charge in [0.25, 0.3) is 0 Å². The Morgan fingerprint density at radius 2 is 1.95 bits per heavy atom. The molecule has 0 radical (unpaired) electrons. The topological polar surface area (TPSA) is 29.1 Å². The van der Waals surface area contributed by atoms with Crippen LogP contribution >= 0.6 is 15.9 Å². The molecular formula is C17H16BrNO. The summed E-state index contributed by atoms with van der Waals surface area (Å²) in [5.74, 6) is 0.620. The zero-order chi connectivity index (χ0) is 14.1. The van der Waals surface area contributed by atoms with E-state index >= 15 is 0 Å². The van der Waals surface area contributed by atoms with Crippen LogP contribution in [0.4, 0.5) is 5.69 Å². The lowest BCUT2D eigenvalue weighted by Crippen LogP contribution is -2.14. The number of amides is 1. The van der Waals surface area contributed by atoms with Gasteiger partial charge >= 0.3 is 0 Å². The van der Waals surface area contributed by atoms with Gasteiger partial charge in [0.05, 0.1) is 0 Å². The maximum atomic E-state index is 12.2. The molecule has 102 valence electrons. The summed E-state index contributed by atoms with van der Waals surface area (Å²) in [7, 11) is 0. The molecule has 1 aliphatic rings. The fourth-order valence-electron chi connectivity index (χ4n) is 2.51. The average Bonchev–Trinajstić information content (AvgIpc) is 3.24. The van der Waals surface area contributed by atoms with E-state index in [-0.39, 0.29) is 11.8 Å². The average molecular weight is 330 g/mol. The van der Waals surface area contributed by atoms with Crippen LogP contribution in [-0.4, -0.2) is 5.91 Å². The molecule has 0 aliphatic heterocycles. The maximum absolute atomic E-state index is 12.2. The van der Waals surface area contributed by atoms with E-state index in [1.807, 2.05) is 43.3 Å². The summed E-state index contributed by atoms with van der Waals surface area (Å²) >= 11 is 3.46. The molecular weight excluding hydrogens is 314 g/mol. The molecule has 3 heteroatoms. The van der Waals surface area contributed by atoms with E-state index in [2.05, 4.69) is 33.4 Å². The molecule has 2 aromatic carbocycles. The van der Waals surface area contributed by atoms with Crippen molar-refractivity contribution in [3.05, 3.63) is 64.1 Å². The van der Waals surface area contributed by atoms with Gasteiger partial charge < -0.3 is 5.32 Å². The Labute approximate surface area is 127 Å². The second kappa shape index (κ2) is 5.41. The summed E-state index contributed by atoms with van der Waals surface area (Å²) < 4.78 is 1.06. The van der Waals surface area contributed by atoms with Crippen LogP contribution in [0.1, 0.15) is 23.5 Å². The SMILES string of the molecule is Cc1cc(NC(=O)C2CC2c2ccccc2)ccc1Br. The van der Waals surface area contributed by atoms with Gasteiger partial charge in [0.2, 0.25) is 5.91 Å². The third kappa shape index (κ3) is 2.78. The number of aryl methyl sites for hydroxylation is 1. The van der Waals surface area contributed by atoms with Crippen LogP contribution in [0, 0.1) is 12.8 Å². The highest BCUT2D eigenvalue weighted by molar-refractivity contribution is 9.10. The van der Waals surface area contributed by atoms with Crippen molar-refractivity contribution in [3.63, 3.8) is 0 Å². The highest BCUT2D eigenvalue weighted by Gasteiger charge is 2.43. The van der Waals surface area contributed by atoms with Gasteiger partial charge in [0.1, 0.15) is 0 Å². The fraction of sp³-hybridized carbons (Fsp3) is 0.235. The molecule has 0 heterocycles. The van der Waals surface area contributed by atoms with Crippen molar-refractivity contribution in [2.45, 2.75) is 19.3 Å². The number of hydrogen-bond donors (Lipinski definition) is 1. The number of carbonyl (C=O) groups excluding carboxylic acids is 1. The van der Waals surface area contributed by atoms with E-state index < -0.39 is 0 Å². The number of hydrogen-bond acceptors (Lipinski definition) is 1. The standard InChI is InChI=1S/C17H16BrNO/c1-11-9-13(7-8-16(11)18)19-17(20)15-10-14(15)12-5-3-2-4-6-12/h2-9,14-15H,10H2,1H3,(H,19,20). The van der Waals surface area contributed by atoms with E-state index in [4.69, 9.17) is 0 Å². The van der Waals surface area contributed by atoms with Crippen molar-refractivity contribution >= 4 is 27.5 Å². The Morgan fingerprint density at radius 3 is 2.65 bits per heavy atom. The van der Waals surface area contributed by atoms with Crippen molar-refractivity contribution in [3.8, 4) is 0 Å². The maximum Gasteiger partial charge on any atom is 0.228 e. The molecule has 2 atom stereocenters. The molecule has 20 heavy (non-hydrogen) atoms. The highest BCUT2D eigenvalue weighted by Crippen LogP contribution is 2.47. The number of benzene rings is 2. The number of carbonyl (C=O) groups is 1. The first-order valence-corrected chi connectivity index (χ1v) is 7.56.